The van der Waals surface area contributed by atoms with Crippen LogP contribution >= 0.6 is 0 Å². The van der Waals surface area contributed by atoms with Gasteiger partial charge >= 0.3 is 44.5 Å². The fraction of sp³-hybridized carbons (Fsp3) is 0. The number of hydrogen-bond acceptors (Lipinski definition) is 1. The first-order valence-corrected chi connectivity index (χ1v) is 2.07. The molecule has 0 atom stereocenters. The van der Waals surface area contributed by atoms with Crippen molar-refractivity contribution in [3.8, 4) is 0 Å². The zero-order valence-electron chi connectivity index (χ0n) is 3.94. The summed E-state index contributed by atoms with van der Waals surface area (Å²) in [5, 5.41) is 0. The molecule has 1 nitrogen and oxygen atoms in total. The SMILES string of the molecule is Fc1cbcnc1F. The van der Waals surface area contributed by atoms with Crippen molar-refractivity contribution in [2.24, 2.45) is 0 Å². The van der Waals surface area contributed by atoms with Crippen LogP contribution in [0.3, 0.4) is 0 Å². The number of nitrogens with zero attached hydrogens (tertiary/aromatic N) is 1. The zero-order chi connectivity index (χ0) is 5.98. The Bertz CT molecular complexity index is 170. The van der Waals surface area contributed by atoms with Gasteiger partial charge in [-0.3, -0.25) is 0 Å². The van der Waals surface area contributed by atoms with E-state index in [9.17, 15) is 8.78 Å². The molecule has 0 aromatic carbocycles. The van der Waals surface area contributed by atoms with Crippen LogP contribution in [0.4, 0.5) is 8.78 Å². The minimum absolute atomic E-state index is 0.910. The summed E-state index contributed by atoms with van der Waals surface area (Å²) in [6, 6.07) is 0. The van der Waals surface area contributed by atoms with Crippen molar-refractivity contribution in [3.05, 3.63) is 23.8 Å². The fourth-order valence-corrected chi connectivity index (χ4v) is 0.366. The Balaban J connectivity index is 3.13. The van der Waals surface area contributed by atoms with E-state index in [0.717, 1.165) is 5.96 Å². The third kappa shape index (κ3) is 0.884. The van der Waals surface area contributed by atoms with Gasteiger partial charge in [0.2, 0.25) is 0 Å². The van der Waals surface area contributed by atoms with E-state index >= 15 is 0 Å². The van der Waals surface area contributed by atoms with Gasteiger partial charge in [0.1, 0.15) is 0 Å². The molecule has 0 fully saturated rings. The maximum atomic E-state index is 11.9. The molecule has 0 aliphatic rings. The van der Waals surface area contributed by atoms with Gasteiger partial charge in [-0.1, -0.05) is 0 Å². The molecule has 0 radical (unpaired) electrons. The third-order valence-electron chi connectivity index (χ3n) is 0.714. The van der Waals surface area contributed by atoms with Crippen LogP contribution in [0.1, 0.15) is 0 Å². The number of halogens is 2. The normalized spacial score (nSPS) is 8.75. The molecule has 0 bridgehead atoms. The first-order valence-electron chi connectivity index (χ1n) is 2.07. The zero-order valence-corrected chi connectivity index (χ0v) is 3.94. The summed E-state index contributed by atoms with van der Waals surface area (Å²) in [4.78, 5) is 3.04. The Morgan fingerprint density at radius 1 is 1.50 bits per heavy atom. The van der Waals surface area contributed by atoms with E-state index in [0.29, 0.717) is 0 Å². The molecule has 0 N–H and O–H groups in total. The molecule has 0 saturated heterocycles. The van der Waals surface area contributed by atoms with Crippen LogP contribution in [0.2, 0.25) is 0 Å². The van der Waals surface area contributed by atoms with Gasteiger partial charge in [-0.2, -0.15) is 0 Å². The van der Waals surface area contributed by atoms with Crippen LogP contribution in [-0.4, -0.2) is 11.9 Å². The first kappa shape index (κ1) is 5.34. The number of hydrogen-bond donors (Lipinski definition) is 0. The second kappa shape index (κ2) is 1.98. The van der Waals surface area contributed by atoms with Gasteiger partial charge in [0.15, 0.2) is 0 Å². The van der Waals surface area contributed by atoms with E-state index in [4.69, 9.17) is 0 Å². The van der Waals surface area contributed by atoms with E-state index in [-0.39, 0.29) is 0 Å². The summed E-state index contributed by atoms with van der Waals surface area (Å²) >= 11 is 0. The summed E-state index contributed by atoms with van der Waals surface area (Å²) in [5.41, 5.74) is 0. The van der Waals surface area contributed by atoms with E-state index in [1.54, 1.807) is 0 Å². The number of rotatable bonds is 0. The quantitative estimate of drug-likeness (QED) is 0.482. The molecule has 8 heavy (non-hydrogen) atoms. The monoisotopic (exact) mass is 113 g/mol. The van der Waals surface area contributed by atoms with Crippen molar-refractivity contribution in [1.29, 1.82) is 0 Å². The van der Waals surface area contributed by atoms with Gasteiger partial charge in [0, 0.05) is 0 Å². The van der Waals surface area contributed by atoms with Crippen LogP contribution in [0.5, 0.6) is 0 Å². The molecule has 1 aromatic heterocycles. The third-order valence-corrected chi connectivity index (χ3v) is 0.714. The van der Waals surface area contributed by atoms with Gasteiger partial charge in [0.25, 0.3) is 0 Å². The Labute approximate surface area is 45.6 Å². The topological polar surface area (TPSA) is 12.9 Å². The van der Waals surface area contributed by atoms with Crippen LogP contribution < -0.4 is 0 Å². The first-order chi connectivity index (χ1) is 3.80. The molecule has 0 amide bonds. The number of aromatic nitrogens is 1. The summed E-state index contributed by atoms with van der Waals surface area (Å²) in [7, 11) is 0. The summed E-state index contributed by atoms with van der Waals surface area (Å²) in [5.74, 6) is -0.942. The summed E-state index contributed by atoms with van der Waals surface area (Å²) in [6.07, 6.45) is 1.19. The molecule has 40 valence electrons. The fourth-order valence-electron chi connectivity index (χ4n) is 0.366. The van der Waals surface area contributed by atoms with Gasteiger partial charge in [-0.25, -0.2) is 0 Å². The van der Waals surface area contributed by atoms with E-state index in [1.165, 1.54) is 13.0 Å². The average molecular weight is 113 g/mol. The Kier molecular flexibility index (Phi) is 1.33. The average Bonchev–Trinajstić information content (AvgIpc) is 1.77. The maximum absolute atomic E-state index is 11.9. The van der Waals surface area contributed by atoms with Crippen LogP contribution in [0.15, 0.2) is 12.1 Å². The molecule has 0 aliphatic carbocycles. The molecule has 0 spiro atoms. The van der Waals surface area contributed by atoms with Crippen LogP contribution in [-0.2, 0) is 0 Å². The molecule has 1 rings (SSSR count). The minimum atomic E-state index is -1.05. The van der Waals surface area contributed by atoms with Crippen LogP contribution in [0.25, 0.3) is 0 Å². The van der Waals surface area contributed by atoms with Gasteiger partial charge < -0.3 is 0 Å². The van der Waals surface area contributed by atoms with Gasteiger partial charge in [-0.05, 0) is 0 Å². The van der Waals surface area contributed by atoms with Crippen molar-refractivity contribution in [2.45, 2.75) is 0 Å². The van der Waals surface area contributed by atoms with E-state index in [1.807, 2.05) is 0 Å². The molecule has 0 saturated carbocycles. The van der Waals surface area contributed by atoms with Crippen molar-refractivity contribution >= 4 is 6.91 Å². The Hall–Kier alpha value is -0.795. The predicted octanol–water partition coefficient (Wildman–Crippen LogP) is 0.698. The van der Waals surface area contributed by atoms with Gasteiger partial charge in [0.05, 0.1) is 0 Å². The molecular weight excluding hydrogens is 111 g/mol. The molecule has 4 heteroatoms. The van der Waals surface area contributed by atoms with Crippen molar-refractivity contribution in [3.63, 3.8) is 0 Å². The summed E-state index contributed by atoms with van der Waals surface area (Å²) < 4.78 is 23.7. The summed E-state index contributed by atoms with van der Waals surface area (Å²) in [6.45, 7) is 1.33. The molecule has 0 aliphatic heterocycles. The van der Waals surface area contributed by atoms with Gasteiger partial charge in [-0.15, -0.1) is 0 Å². The Morgan fingerprint density at radius 3 is 2.62 bits per heavy atom. The molecular formula is C4H2BF2N. The van der Waals surface area contributed by atoms with Crippen molar-refractivity contribution in [1.82, 2.24) is 4.98 Å². The Morgan fingerprint density at radius 2 is 2.25 bits per heavy atom. The predicted molar refractivity (Wildman–Crippen MR) is 25.5 cm³/mol. The standard InChI is InChI=1S/C4H2BF2N/c6-3-1-5-2-8-4(3)7/h1-2H. The second-order valence-electron chi connectivity index (χ2n) is 1.28. The van der Waals surface area contributed by atoms with E-state index in [2.05, 4.69) is 4.98 Å². The van der Waals surface area contributed by atoms with Crippen molar-refractivity contribution < 1.29 is 8.78 Å². The second-order valence-corrected chi connectivity index (χ2v) is 1.28. The molecule has 1 aromatic rings. The van der Waals surface area contributed by atoms with Crippen molar-refractivity contribution in [2.75, 3.05) is 0 Å². The molecule has 0 unspecified atom stereocenters. The van der Waals surface area contributed by atoms with E-state index < -0.39 is 11.8 Å². The molecule has 1 heterocycles. The van der Waals surface area contributed by atoms with Crippen LogP contribution in [0, 0.1) is 11.8 Å².